The summed E-state index contributed by atoms with van der Waals surface area (Å²) in [5.41, 5.74) is 0. The molecule has 0 saturated carbocycles. The molecule has 0 rings (SSSR count). The summed E-state index contributed by atoms with van der Waals surface area (Å²) >= 11 is 11.3. The highest BCUT2D eigenvalue weighted by Crippen LogP contribution is 2.22. The second-order valence-electron chi connectivity index (χ2n) is 2.15. The van der Waals surface area contributed by atoms with Gasteiger partial charge in [-0.1, -0.05) is 56.9 Å². The van der Waals surface area contributed by atoms with Crippen LogP contribution < -0.4 is 0 Å². The highest BCUT2D eigenvalue weighted by molar-refractivity contribution is 8.76. The lowest BCUT2D eigenvalue weighted by Crippen LogP contribution is -1.71. The van der Waals surface area contributed by atoms with Gasteiger partial charge in [0.2, 0.25) is 0 Å². The molecule has 0 atom stereocenters. The summed E-state index contributed by atoms with van der Waals surface area (Å²) in [6.45, 7) is 3.77. The molecule has 0 nitrogen and oxygen atoms in total. The SMILES string of the molecule is CC(Cl)=CCSSCC=C(C)Cl. The lowest BCUT2D eigenvalue weighted by molar-refractivity contribution is 1.60. The quantitative estimate of drug-likeness (QED) is 0.509. The zero-order valence-electron chi connectivity index (χ0n) is 7.14. The molecule has 0 aromatic carbocycles. The van der Waals surface area contributed by atoms with Crippen molar-refractivity contribution < 1.29 is 0 Å². The third kappa shape index (κ3) is 10.8. The highest BCUT2D eigenvalue weighted by atomic mass is 35.5. The largest absolute Gasteiger partial charge is 0.0898 e. The van der Waals surface area contributed by atoms with Crippen LogP contribution in [0.4, 0.5) is 0 Å². The van der Waals surface area contributed by atoms with E-state index < -0.39 is 0 Å². The second-order valence-corrected chi connectivity index (χ2v) is 5.90. The molecule has 0 spiro atoms. The van der Waals surface area contributed by atoms with Crippen LogP contribution in [0.5, 0.6) is 0 Å². The molecule has 70 valence electrons. The van der Waals surface area contributed by atoms with Crippen molar-refractivity contribution in [3.63, 3.8) is 0 Å². The Morgan fingerprint density at radius 2 is 1.33 bits per heavy atom. The van der Waals surface area contributed by atoms with E-state index in [1.807, 2.05) is 26.0 Å². The van der Waals surface area contributed by atoms with Gasteiger partial charge in [0.15, 0.2) is 0 Å². The summed E-state index contributed by atoms with van der Waals surface area (Å²) in [6.07, 6.45) is 3.99. The third-order valence-corrected chi connectivity index (χ3v) is 3.35. The zero-order valence-corrected chi connectivity index (χ0v) is 10.3. The van der Waals surface area contributed by atoms with Gasteiger partial charge >= 0.3 is 0 Å². The fourth-order valence-corrected chi connectivity index (χ4v) is 2.55. The number of rotatable bonds is 5. The minimum absolute atomic E-state index is 0.854. The normalized spacial score (nSPS) is 13.7. The minimum Gasteiger partial charge on any atom is -0.0898 e. The van der Waals surface area contributed by atoms with E-state index in [1.165, 1.54) is 0 Å². The first-order valence-electron chi connectivity index (χ1n) is 3.52. The lowest BCUT2D eigenvalue weighted by atomic mass is 10.6. The van der Waals surface area contributed by atoms with Gasteiger partial charge in [0, 0.05) is 21.6 Å². The van der Waals surface area contributed by atoms with Crippen molar-refractivity contribution in [2.75, 3.05) is 11.5 Å². The summed E-state index contributed by atoms with van der Waals surface area (Å²) in [5.74, 6) is 1.91. The Morgan fingerprint density at radius 1 is 1.00 bits per heavy atom. The van der Waals surface area contributed by atoms with Crippen LogP contribution in [0.3, 0.4) is 0 Å². The molecular weight excluding hydrogens is 231 g/mol. The van der Waals surface area contributed by atoms with Crippen LogP contribution in [0.25, 0.3) is 0 Å². The predicted octanol–water partition coefficient (Wildman–Crippen LogP) is 4.65. The van der Waals surface area contributed by atoms with Gasteiger partial charge in [-0.05, 0) is 13.8 Å². The van der Waals surface area contributed by atoms with Crippen molar-refractivity contribution >= 4 is 44.8 Å². The van der Waals surface area contributed by atoms with Crippen LogP contribution in [-0.2, 0) is 0 Å². The van der Waals surface area contributed by atoms with Gasteiger partial charge in [-0.3, -0.25) is 0 Å². The Morgan fingerprint density at radius 3 is 1.58 bits per heavy atom. The monoisotopic (exact) mass is 242 g/mol. The topological polar surface area (TPSA) is 0 Å². The van der Waals surface area contributed by atoms with E-state index in [9.17, 15) is 0 Å². The summed E-state index contributed by atoms with van der Waals surface area (Å²) in [7, 11) is 3.55. The fraction of sp³-hybridized carbons (Fsp3) is 0.500. The van der Waals surface area contributed by atoms with Crippen molar-refractivity contribution in [3.05, 3.63) is 22.2 Å². The van der Waals surface area contributed by atoms with Crippen LogP contribution in [0.1, 0.15) is 13.8 Å². The molecule has 0 aromatic heterocycles. The molecule has 0 aliphatic heterocycles. The van der Waals surface area contributed by atoms with Gasteiger partial charge in [0.05, 0.1) is 0 Å². The van der Waals surface area contributed by atoms with E-state index in [4.69, 9.17) is 23.2 Å². The first kappa shape index (κ1) is 12.8. The molecule has 0 heterocycles. The zero-order chi connectivity index (χ0) is 9.40. The number of allylic oxidation sites excluding steroid dienone is 2. The van der Waals surface area contributed by atoms with Crippen molar-refractivity contribution in [1.29, 1.82) is 0 Å². The average Bonchev–Trinajstić information content (AvgIpc) is 1.95. The molecule has 0 aliphatic carbocycles. The lowest BCUT2D eigenvalue weighted by Gasteiger charge is -1.93. The predicted molar refractivity (Wildman–Crippen MR) is 64.1 cm³/mol. The van der Waals surface area contributed by atoms with E-state index >= 15 is 0 Å². The molecule has 0 bridgehead atoms. The average molecular weight is 243 g/mol. The maximum atomic E-state index is 5.65. The minimum atomic E-state index is 0.854. The Kier molecular flexibility index (Phi) is 8.89. The van der Waals surface area contributed by atoms with E-state index in [2.05, 4.69) is 0 Å². The third-order valence-electron chi connectivity index (χ3n) is 0.949. The van der Waals surface area contributed by atoms with Crippen LogP contribution in [0.2, 0.25) is 0 Å². The maximum Gasteiger partial charge on any atom is 0.0232 e. The maximum absolute atomic E-state index is 5.65. The Hall–Kier alpha value is 0.760. The number of halogens is 2. The molecule has 0 fully saturated rings. The Bertz CT molecular complexity index is 148. The number of hydrogen-bond acceptors (Lipinski definition) is 2. The van der Waals surface area contributed by atoms with Crippen LogP contribution >= 0.6 is 44.8 Å². The van der Waals surface area contributed by atoms with Crippen molar-refractivity contribution in [2.45, 2.75) is 13.8 Å². The summed E-state index contributed by atoms with van der Waals surface area (Å²) in [4.78, 5) is 0. The molecule has 0 N–H and O–H groups in total. The van der Waals surface area contributed by atoms with Crippen molar-refractivity contribution in [2.24, 2.45) is 0 Å². The summed E-state index contributed by atoms with van der Waals surface area (Å²) < 4.78 is 0. The molecule has 4 heteroatoms. The molecule has 0 radical (unpaired) electrons. The van der Waals surface area contributed by atoms with Crippen molar-refractivity contribution in [3.8, 4) is 0 Å². The first-order chi connectivity index (χ1) is 5.63. The Labute approximate surface area is 92.2 Å². The smallest absolute Gasteiger partial charge is 0.0232 e. The molecule has 0 amide bonds. The van der Waals surface area contributed by atoms with E-state index in [0.717, 1.165) is 21.6 Å². The van der Waals surface area contributed by atoms with Crippen LogP contribution in [-0.4, -0.2) is 11.5 Å². The summed E-state index contributed by atoms with van der Waals surface area (Å²) in [6, 6.07) is 0. The van der Waals surface area contributed by atoms with E-state index in [1.54, 1.807) is 21.6 Å². The first-order valence-corrected chi connectivity index (χ1v) is 6.76. The molecule has 0 unspecified atom stereocenters. The summed E-state index contributed by atoms with van der Waals surface area (Å²) in [5, 5.41) is 1.71. The molecule has 0 aromatic rings. The van der Waals surface area contributed by atoms with Crippen molar-refractivity contribution in [1.82, 2.24) is 0 Å². The van der Waals surface area contributed by atoms with E-state index in [-0.39, 0.29) is 0 Å². The van der Waals surface area contributed by atoms with Crippen LogP contribution in [0, 0.1) is 0 Å². The van der Waals surface area contributed by atoms with E-state index in [0.29, 0.717) is 0 Å². The second kappa shape index (κ2) is 8.36. The fourth-order valence-electron chi connectivity index (χ4n) is 0.394. The number of hydrogen-bond donors (Lipinski definition) is 0. The van der Waals surface area contributed by atoms with Crippen LogP contribution in [0.15, 0.2) is 22.2 Å². The van der Waals surface area contributed by atoms with Gasteiger partial charge in [0.25, 0.3) is 0 Å². The molecular formula is C8H12Cl2S2. The molecule has 0 saturated heterocycles. The van der Waals surface area contributed by atoms with Gasteiger partial charge in [0.1, 0.15) is 0 Å². The van der Waals surface area contributed by atoms with Gasteiger partial charge in [-0.2, -0.15) is 0 Å². The Balaban J connectivity index is 3.23. The molecule has 0 aliphatic rings. The van der Waals surface area contributed by atoms with Gasteiger partial charge in [-0.15, -0.1) is 0 Å². The van der Waals surface area contributed by atoms with Gasteiger partial charge < -0.3 is 0 Å². The molecule has 12 heavy (non-hydrogen) atoms. The van der Waals surface area contributed by atoms with Gasteiger partial charge in [-0.25, -0.2) is 0 Å². The highest BCUT2D eigenvalue weighted by Gasteiger charge is 1.86. The standard InChI is InChI=1S/C8H12Cl2S2/c1-7(9)3-5-11-12-6-4-8(2)10/h3-4H,5-6H2,1-2H3.